The molecule has 0 spiro atoms. The molecule has 1 aliphatic rings. The summed E-state index contributed by atoms with van der Waals surface area (Å²) in [7, 11) is 0. The smallest absolute Gasteiger partial charge is 0.405 e. The van der Waals surface area contributed by atoms with E-state index in [9.17, 15) is 18.0 Å². The third kappa shape index (κ3) is 3.41. The molecule has 106 valence electrons. The lowest BCUT2D eigenvalue weighted by molar-refractivity contribution is -0.274. The highest BCUT2D eigenvalue weighted by molar-refractivity contribution is 5.83. The van der Waals surface area contributed by atoms with Crippen LogP contribution in [0.15, 0.2) is 24.3 Å². The SMILES string of the molecule is N#CCNC(=O)[C@H]1C[C@H]1c1ccccc1OC(F)(F)F. The van der Waals surface area contributed by atoms with Gasteiger partial charge in [-0.1, -0.05) is 18.2 Å². The van der Waals surface area contributed by atoms with Crippen molar-refractivity contribution in [2.24, 2.45) is 5.92 Å². The van der Waals surface area contributed by atoms with Crippen LogP contribution in [0, 0.1) is 17.2 Å². The number of halogens is 3. The van der Waals surface area contributed by atoms with Crippen molar-refractivity contribution in [1.29, 1.82) is 5.26 Å². The van der Waals surface area contributed by atoms with Gasteiger partial charge in [-0.15, -0.1) is 13.2 Å². The minimum absolute atomic E-state index is 0.108. The lowest BCUT2D eigenvalue weighted by Crippen LogP contribution is -2.25. The third-order valence-electron chi connectivity index (χ3n) is 3.01. The van der Waals surface area contributed by atoms with Crippen LogP contribution in [0.2, 0.25) is 0 Å². The quantitative estimate of drug-likeness (QED) is 0.863. The number of alkyl halides is 3. The summed E-state index contributed by atoms with van der Waals surface area (Å²) in [6, 6.07) is 7.56. The normalized spacial score (nSPS) is 20.9. The van der Waals surface area contributed by atoms with Gasteiger partial charge in [0.2, 0.25) is 5.91 Å². The van der Waals surface area contributed by atoms with Gasteiger partial charge in [0.25, 0.3) is 0 Å². The van der Waals surface area contributed by atoms with Crippen LogP contribution in [0.4, 0.5) is 13.2 Å². The van der Waals surface area contributed by atoms with Crippen molar-refractivity contribution in [3.63, 3.8) is 0 Å². The van der Waals surface area contributed by atoms with Crippen molar-refractivity contribution < 1.29 is 22.7 Å². The summed E-state index contributed by atoms with van der Waals surface area (Å²) in [6.07, 6.45) is -4.31. The second-order valence-electron chi connectivity index (χ2n) is 4.41. The second kappa shape index (κ2) is 5.41. The molecular weight excluding hydrogens is 273 g/mol. The molecule has 0 aliphatic heterocycles. The summed E-state index contributed by atoms with van der Waals surface area (Å²) in [6.45, 7) is -0.108. The van der Waals surface area contributed by atoms with Gasteiger partial charge in [-0.25, -0.2) is 0 Å². The maximum atomic E-state index is 12.3. The van der Waals surface area contributed by atoms with E-state index < -0.39 is 12.3 Å². The summed E-state index contributed by atoms with van der Waals surface area (Å²) in [4.78, 5) is 11.6. The van der Waals surface area contributed by atoms with E-state index in [-0.39, 0.29) is 24.1 Å². The molecule has 0 heterocycles. The van der Waals surface area contributed by atoms with E-state index in [0.717, 1.165) is 0 Å². The summed E-state index contributed by atoms with van der Waals surface area (Å²) in [5.41, 5.74) is 0.363. The number of nitriles is 1. The molecular formula is C13H11F3N2O2. The van der Waals surface area contributed by atoms with Gasteiger partial charge in [0.05, 0.1) is 6.07 Å². The average molecular weight is 284 g/mol. The number of nitrogens with one attached hydrogen (secondary N) is 1. The van der Waals surface area contributed by atoms with Gasteiger partial charge < -0.3 is 10.1 Å². The Kier molecular flexibility index (Phi) is 3.84. The molecule has 0 bridgehead atoms. The van der Waals surface area contributed by atoms with Gasteiger partial charge in [-0.2, -0.15) is 5.26 Å². The van der Waals surface area contributed by atoms with E-state index in [0.29, 0.717) is 12.0 Å². The minimum Gasteiger partial charge on any atom is -0.405 e. The molecule has 1 amide bonds. The zero-order chi connectivity index (χ0) is 14.8. The van der Waals surface area contributed by atoms with Crippen molar-refractivity contribution in [1.82, 2.24) is 5.32 Å². The number of hydrogen-bond donors (Lipinski definition) is 1. The molecule has 0 unspecified atom stereocenters. The largest absolute Gasteiger partial charge is 0.573 e. The van der Waals surface area contributed by atoms with E-state index in [1.54, 1.807) is 12.1 Å². The minimum atomic E-state index is -4.76. The average Bonchev–Trinajstić information content (AvgIpc) is 3.15. The Balaban J connectivity index is 2.08. The van der Waals surface area contributed by atoms with Gasteiger partial charge in [-0.3, -0.25) is 4.79 Å². The fourth-order valence-corrected chi connectivity index (χ4v) is 2.09. The van der Waals surface area contributed by atoms with Crippen LogP contribution in [0.3, 0.4) is 0 Å². The van der Waals surface area contributed by atoms with Crippen LogP contribution in [-0.2, 0) is 4.79 Å². The Morgan fingerprint density at radius 1 is 1.45 bits per heavy atom. The van der Waals surface area contributed by atoms with Crippen molar-refractivity contribution in [2.45, 2.75) is 18.7 Å². The van der Waals surface area contributed by atoms with Crippen LogP contribution in [0.25, 0.3) is 0 Å². The number of carbonyl (C=O) groups excluding carboxylic acids is 1. The van der Waals surface area contributed by atoms with Gasteiger partial charge >= 0.3 is 6.36 Å². The number of ether oxygens (including phenoxy) is 1. The third-order valence-corrected chi connectivity index (χ3v) is 3.01. The van der Waals surface area contributed by atoms with E-state index in [1.165, 1.54) is 18.2 Å². The lowest BCUT2D eigenvalue weighted by Gasteiger charge is -2.12. The Morgan fingerprint density at radius 2 is 2.15 bits per heavy atom. The van der Waals surface area contributed by atoms with Crippen molar-refractivity contribution in [2.75, 3.05) is 6.54 Å². The summed E-state index contributed by atoms with van der Waals surface area (Å²) in [5.74, 6) is -1.30. The van der Waals surface area contributed by atoms with Crippen molar-refractivity contribution in [3.05, 3.63) is 29.8 Å². The first-order chi connectivity index (χ1) is 9.42. The molecule has 0 saturated heterocycles. The first-order valence-electron chi connectivity index (χ1n) is 5.91. The molecule has 1 N–H and O–H groups in total. The molecule has 1 aliphatic carbocycles. The molecule has 0 radical (unpaired) electrons. The predicted octanol–water partition coefficient (Wildman–Crippen LogP) is 2.33. The van der Waals surface area contributed by atoms with Crippen LogP contribution in [-0.4, -0.2) is 18.8 Å². The number of para-hydroxylation sites is 1. The molecule has 1 aromatic carbocycles. The molecule has 2 atom stereocenters. The Labute approximate surface area is 113 Å². The zero-order valence-electron chi connectivity index (χ0n) is 10.3. The first-order valence-corrected chi connectivity index (χ1v) is 5.91. The topological polar surface area (TPSA) is 62.1 Å². The number of carbonyl (C=O) groups is 1. The second-order valence-corrected chi connectivity index (χ2v) is 4.41. The summed E-state index contributed by atoms with van der Waals surface area (Å²) >= 11 is 0. The molecule has 4 nitrogen and oxygen atoms in total. The molecule has 2 rings (SSSR count). The van der Waals surface area contributed by atoms with E-state index >= 15 is 0 Å². The predicted molar refractivity (Wildman–Crippen MR) is 62.6 cm³/mol. The summed E-state index contributed by atoms with van der Waals surface area (Å²) in [5, 5.41) is 10.8. The highest BCUT2D eigenvalue weighted by atomic mass is 19.4. The Bertz CT molecular complexity index is 551. The molecule has 1 saturated carbocycles. The molecule has 1 aromatic rings. The standard InChI is InChI=1S/C13H11F3N2O2/c14-13(15,16)20-11-4-2-1-3-8(11)9-7-10(9)12(19)18-6-5-17/h1-4,9-10H,6-7H2,(H,18,19)/t9-,10-/m0/s1. The Morgan fingerprint density at radius 3 is 2.80 bits per heavy atom. The fraction of sp³-hybridized carbons (Fsp3) is 0.385. The number of amides is 1. The van der Waals surface area contributed by atoms with Crippen LogP contribution in [0.1, 0.15) is 17.9 Å². The lowest BCUT2D eigenvalue weighted by atomic mass is 10.1. The maximum absolute atomic E-state index is 12.3. The van der Waals surface area contributed by atoms with Gasteiger partial charge in [0.1, 0.15) is 12.3 Å². The summed E-state index contributed by atoms with van der Waals surface area (Å²) < 4.78 is 40.8. The van der Waals surface area contributed by atoms with Gasteiger partial charge in [-0.05, 0) is 24.0 Å². The van der Waals surface area contributed by atoms with Crippen LogP contribution in [0.5, 0.6) is 5.75 Å². The monoisotopic (exact) mass is 284 g/mol. The number of rotatable bonds is 4. The van der Waals surface area contributed by atoms with Crippen molar-refractivity contribution in [3.8, 4) is 11.8 Å². The number of hydrogen-bond acceptors (Lipinski definition) is 3. The molecule has 0 aromatic heterocycles. The van der Waals surface area contributed by atoms with Crippen LogP contribution < -0.4 is 10.1 Å². The number of nitrogens with zero attached hydrogens (tertiary/aromatic N) is 1. The maximum Gasteiger partial charge on any atom is 0.573 e. The van der Waals surface area contributed by atoms with E-state index in [1.807, 2.05) is 0 Å². The number of benzene rings is 1. The van der Waals surface area contributed by atoms with Crippen molar-refractivity contribution >= 4 is 5.91 Å². The highest BCUT2D eigenvalue weighted by Crippen LogP contribution is 2.50. The van der Waals surface area contributed by atoms with Gasteiger partial charge in [0.15, 0.2) is 0 Å². The molecule has 1 fully saturated rings. The molecule has 20 heavy (non-hydrogen) atoms. The van der Waals surface area contributed by atoms with E-state index in [2.05, 4.69) is 10.1 Å². The molecule has 7 heteroatoms. The van der Waals surface area contributed by atoms with E-state index in [4.69, 9.17) is 5.26 Å². The highest BCUT2D eigenvalue weighted by Gasteiger charge is 2.46. The Hall–Kier alpha value is -2.23. The van der Waals surface area contributed by atoms with Crippen LogP contribution >= 0.6 is 0 Å². The first kappa shape index (κ1) is 14.2. The van der Waals surface area contributed by atoms with Gasteiger partial charge in [0, 0.05) is 5.92 Å². The fourth-order valence-electron chi connectivity index (χ4n) is 2.09. The zero-order valence-corrected chi connectivity index (χ0v) is 10.3.